The van der Waals surface area contributed by atoms with Crippen molar-refractivity contribution in [1.29, 1.82) is 0 Å². The zero-order valence-electron chi connectivity index (χ0n) is 12.3. The molecule has 0 saturated heterocycles. The van der Waals surface area contributed by atoms with Crippen LogP contribution in [0.4, 0.5) is 10.1 Å². The molecule has 5 heteroatoms. The molecule has 114 valence electrons. The van der Waals surface area contributed by atoms with E-state index < -0.39 is 0 Å². The molecule has 2 aromatic rings. The van der Waals surface area contributed by atoms with Gasteiger partial charge in [0.15, 0.2) is 0 Å². The van der Waals surface area contributed by atoms with Crippen molar-refractivity contribution in [3.8, 4) is 0 Å². The summed E-state index contributed by atoms with van der Waals surface area (Å²) in [6.45, 7) is 4.42. The van der Waals surface area contributed by atoms with Crippen LogP contribution in [0.25, 0.3) is 0 Å². The van der Waals surface area contributed by atoms with Gasteiger partial charge in [0.25, 0.3) is 0 Å². The molecule has 0 atom stereocenters. The van der Waals surface area contributed by atoms with Crippen LogP contribution in [-0.4, -0.2) is 13.6 Å². The zero-order chi connectivity index (χ0) is 15.2. The van der Waals surface area contributed by atoms with Crippen LogP contribution in [-0.2, 0) is 13.1 Å². The van der Waals surface area contributed by atoms with Gasteiger partial charge in [0, 0.05) is 18.5 Å². The minimum absolute atomic E-state index is 0.184. The molecule has 1 N–H and O–H groups in total. The molecule has 21 heavy (non-hydrogen) atoms. The third kappa shape index (κ3) is 4.70. The maximum atomic E-state index is 14.2. The van der Waals surface area contributed by atoms with Gasteiger partial charge in [-0.2, -0.15) is 0 Å². The zero-order valence-corrected chi connectivity index (χ0v) is 13.9. The van der Waals surface area contributed by atoms with Gasteiger partial charge in [-0.1, -0.05) is 24.6 Å². The number of rotatable bonds is 7. The van der Waals surface area contributed by atoms with Crippen molar-refractivity contribution in [3.05, 3.63) is 50.9 Å². The topological polar surface area (TPSA) is 15.3 Å². The van der Waals surface area contributed by atoms with Crippen molar-refractivity contribution < 1.29 is 4.39 Å². The predicted molar refractivity (Wildman–Crippen MR) is 89.8 cm³/mol. The van der Waals surface area contributed by atoms with E-state index in [2.05, 4.69) is 12.2 Å². The summed E-state index contributed by atoms with van der Waals surface area (Å²) in [6, 6.07) is 9.26. The highest BCUT2D eigenvalue weighted by Gasteiger charge is 2.10. The van der Waals surface area contributed by atoms with Gasteiger partial charge in [-0.15, -0.1) is 11.3 Å². The highest BCUT2D eigenvalue weighted by atomic mass is 35.5. The Hall–Kier alpha value is -1.10. The Balaban J connectivity index is 2.02. The molecule has 0 amide bonds. The van der Waals surface area contributed by atoms with Gasteiger partial charge < -0.3 is 10.2 Å². The summed E-state index contributed by atoms with van der Waals surface area (Å²) in [5.41, 5.74) is 1.58. The van der Waals surface area contributed by atoms with E-state index in [0.29, 0.717) is 18.8 Å². The van der Waals surface area contributed by atoms with Gasteiger partial charge in [0.1, 0.15) is 5.82 Å². The number of nitrogens with zero attached hydrogens (tertiary/aromatic N) is 1. The first-order valence-corrected chi connectivity index (χ1v) is 8.24. The first kappa shape index (κ1) is 16.3. The van der Waals surface area contributed by atoms with E-state index in [1.165, 1.54) is 11.3 Å². The van der Waals surface area contributed by atoms with Gasteiger partial charge in [-0.25, -0.2) is 4.39 Å². The number of hydrogen-bond donors (Lipinski definition) is 1. The lowest BCUT2D eigenvalue weighted by Gasteiger charge is -2.19. The second kappa shape index (κ2) is 7.78. The minimum Gasteiger partial charge on any atom is -0.367 e. The molecule has 0 spiro atoms. The van der Waals surface area contributed by atoms with Crippen LogP contribution >= 0.6 is 22.9 Å². The van der Waals surface area contributed by atoms with Gasteiger partial charge in [0.2, 0.25) is 0 Å². The van der Waals surface area contributed by atoms with E-state index in [0.717, 1.165) is 27.7 Å². The number of benzene rings is 1. The van der Waals surface area contributed by atoms with Crippen LogP contribution in [0.2, 0.25) is 4.34 Å². The standard InChI is InChI=1S/C16H20ClFN2S/c1-3-8-19-10-12-4-6-15(14(18)9-12)20(2)11-13-5-7-16(17)21-13/h4-7,9,19H,3,8,10-11H2,1-2H3. The first-order valence-electron chi connectivity index (χ1n) is 7.04. The fraction of sp³-hybridized carbons (Fsp3) is 0.375. The lowest BCUT2D eigenvalue weighted by atomic mass is 10.2. The van der Waals surface area contributed by atoms with E-state index in [-0.39, 0.29) is 5.82 Å². The van der Waals surface area contributed by atoms with Crippen molar-refractivity contribution >= 4 is 28.6 Å². The van der Waals surface area contributed by atoms with E-state index >= 15 is 0 Å². The van der Waals surface area contributed by atoms with E-state index in [1.807, 2.05) is 36.2 Å². The number of thiophene rings is 1. The Kier molecular flexibility index (Phi) is 6.03. The Bertz CT molecular complexity index is 585. The first-order chi connectivity index (χ1) is 10.1. The van der Waals surface area contributed by atoms with Crippen LogP contribution in [0.3, 0.4) is 0 Å². The van der Waals surface area contributed by atoms with Crippen molar-refractivity contribution in [2.45, 2.75) is 26.4 Å². The number of hydrogen-bond acceptors (Lipinski definition) is 3. The molecule has 0 saturated carbocycles. The molecular weight excluding hydrogens is 307 g/mol. The Labute approximate surface area is 134 Å². The van der Waals surface area contributed by atoms with E-state index in [4.69, 9.17) is 11.6 Å². The van der Waals surface area contributed by atoms with Crippen LogP contribution in [0.5, 0.6) is 0 Å². The molecule has 1 aromatic heterocycles. The quantitative estimate of drug-likeness (QED) is 0.743. The Morgan fingerprint density at radius 1 is 1.29 bits per heavy atom. The summed E-state index contributed by atoms with van der Waals surface area (Å²) in [5.74, 6) is -0.184. The maximum Gasteiger partial charge on any atom is 0.146 e. The molecule has 1 aromatic carbocycles. The summed E-state index contributed by atoms with van der Waals surface area (Å²) in [4.78, 5) is 3.02. The molecule has 1 heterocycles. The smallest absolute Gasteiger partial charge is 0.146 e. The fourth-order valence-electron chi connectivity index (χ4n) is 2.14. The SMILES string of the molecule is CCCNCc1ccc(N(C)Cc2ccc(Cl)s2)c(F)c1. The molecule has 0 unspecified atom stereocenters. The normalized spacial score (nSPS) is 10.9. The van der Waals surface area contributed by atoms with Crippen LogP contribution in [0.1, 0.15) is 23.8 Å². The van der Waals surface area contributed by atoms with Crippen molar-refractivity contribution in [2.24, 2.45) is 0 Å². The highest BCUT2D eigenvalue weighted by Crippen LogP contribution is 2.26. The van der Waals surface area contributed by atoms with E-state index in [1.54, 1.807) is 6.07 Å². The predicted octanol–water partition coefficient (Wildman–Crippen LogP) is 4.68. The monoisotopic (exact) mass is 326 g/mol. The third-order valence-corrected chi connectivity index (χ3v) is 4.42. The van der Waals surface area contributed by atoms with Crippen molar-refractivity contribution in [3.63, 3.8) is 0 Å². The number of halogens is 2. The highest BCUT2D eigenvalue weighted by molar-refractivity contribution is 7.16. The Morgan fingerprint density at radius 3 is 2.71 bits per heavy atom. The second-order valence-corrected chi connectivity index (χ2v) is 6.82. The third-order valence-electron chi connectivity index (χ3n) is 3.20. The summed E-state index contributed by atoms with van der Waals surface area (Å²) in [5, 5.41) is 3.28. The molecular formula is C16H20ClFN2S. The molecule has 0 aliphatic carbocycles. The van der Waals surface area contributed by atoms with Crippen LogP contribution in [0, 0.1) is 5.82 Å². The van der Waals surface area contributed by atoms with Crippen molar-refractivity contribution in [1.82, 2.24) is 5.32 Å². The van der Waals surface area contributed by atoms with E-state index in [9.17, 15) is 4.39 Å². The van der Waals surface area contributed by atoms with Gasteiger partial charge in [-0.05, 0) is 42.8 Å². The average molecular weight is 327 g/mol. The number of anilines is 1. The maximum absolute atomic E-state index is 14.2. The molecule has 0 radical (unpaired) electrons. The number of nitrogens with one attached hydrogen (secondary N) is 1. The lowest BCUT2D eigenvalue weighted by molar-refractivity contribution is 0.614. The van der Waals surface area contributed by atoms with Crippen molar-refractivity contribution in [2.75, 3.05) is 18.5 Å². The van der Waals surface area contributed by atoms with Gasteiger partial charge >= 0.3 is 0 Å². The summed E-state index contributed by atoms with van der Waals surface area (Å²) in [7, 11) is 1.89. The summed E-state index contributed by atoms with van der Waals surface area (Å²) >= 11 is 7.45. The van der Waals surface area contributed by atoms with Gasteiger partial charge in [-0.3, -0.25) is 0 Å². The van der Waals surface area contributed by atoms with Gasteiger partial charge in [0.05, 0.1) is 16.6 Å². The van der Waals surface area contributed by atoms with Crippen LogP contribution in [0.15, 0.2) is 30.3 Å². The average Bonchev–Trinajstić information content (AvgIpc) is 2.84. The molecule has 0 aliphatic heterocycles. The summed E-state index contributed by atoms with van der Waals surface area (Å²) in [6.07, 6.45) is 1.08. The fourth-order valence-corrected chi connectivity index (χ4v) is 3.28. The molecule has 0 bridgehead atoms. The van der Waals surface area contributed by atoms with Crippen LogP contribution < -0.4 is 10.2 Å². The molecule has 2 rings (SSSR count). The second-order valence-electron chi connectivity index (χ2n) is 5.02. The Morgan fingerprint density at radius 2 is 2.10 bits per heavy atom. The largest absolute Gasteiger partial charge is 0.367 e. The minimum atomic E-state index is -0.184. The summed E-state index contributed by atoms with van der Waals surface area (Å²) < 4.78 is 15.0. The molecule has 0 aliphatic rings. The molecule has 0 fully saturated rings. The lowest BCUT2D eigenvalue weighted by Crippen LogP contribution is -2.18. The molecule has 2 nitrogen and oxygen atoms in total.